The molecule has 0 unspecified atom stereocenters. The van der Waals surface area contributed by atoms with Crippen molar-refractivity contribution in [1.29, 1.82) is 0 Å². The first-order valence-electron chi connectivity index (χ1n) is 8.56. The molecule has 1 aromatic carbocycles. The summed E-state index contributed by atoms with van der Waals surface area (Å²) in [5.41, 5.74) is 6.11. The summed E-state index contributed by atoms with van der Waals surface area (Å²) >= 11 is 0. The van der Waals surface area contributed by atoms with Crippen LogP contribution in [0.5, 0.6) is 0 Å². The van der Waals surface area contributed by atoms with Crippen molar-refractivity contribution in [3.05, 3.63) is 58.9 Å². The van der Waals surface area contributed by atoms with Crippen molar-refractivity contribution >= 4 is 5.69 Å². The topological polar surface area (TPSA) is 24.9 Å². The Labute approximate surface area is 141 Å². The van der Waals surface area contributed by atoms with Crippen LogP contribution in [-0.2, 0) is 5.54 Å². The first-order valence-corrected chi connectivity index (χ1v) is 8.56. The van der Waals surface area contributed by atoms with Gasteiger partial charge in [-0.15, -0.1) is 0 Å². The van der Waals surface area contributed by atoms with E-state index in [1.54, 1.807) is 0 Å². The number of para-hydroxylation sites is 1. The molecule has 0 aliphatic rings. The fraction of sp³-hybridized carbons (Fsp3) is 0.476. The van der Waals surface area contributed by atoms with Crippen molar-refractivity contribution in [2.45, 2.75) is 65.8 Å². The molecule has 2 rings (SSSR count). The maximum Gasteiger partial charge on any atom is 0.0739 e. The summed E-state index contributed by atoms with van der Waals surface area (Å²) < 4.78 is 0. The van der Waals surface area contributed by atoms with E-state index >= 15 is 0 Å². The summed E-state index contributed by atoms with van der Waals surface area (Å²) in [4.78, 5) is 4.59. The standard InChI is InChI=1S/C21H30N2/c1-14(2)17-9-8-10-18(15(3)4)20(17)23-21(6,7)19-13-16(5)11-12-22-19/h8-15,23H,1-7H3. The fourth-order valence-corrected chi connectivity index (χ4v) is 2.95. The van der Waals surface area contributed by atoms with Crippen LogP contribution in [0.15, 0.2) is 36.5 Å². The Kier molecular flexibility index (Phi) is 5.13. The molecule has 124 valence electrons. The highest BCUT2D eigenvalue weighted by Crippen LogP contribution is 2.36. The number of rotatable bonds is 5. The smallest absolute Gasteiger partial charge is 0.0739 e. The Balaban J connectivity index is 2.49. The molecule has 0 saturated carbocycles. The zero-order valence-electron chi connectivity index (χ0n) is 15.6. The lowest BCUT2D eigenvalue weighted by molar-refractivity contribution is 0.582. The van der Waals surface area contributed by atoms with Crippen LogP contribution in [-0.4, -0.2) is 4.98 Å². The Hall–Kier alpha value is -1.83. The summed E-state index contributed by atoms with van der Waals surface area (Å²) in [5.74, 6) is 0.968. The molecule has 0 aliphatic carbocycles. The molecule has 0 aliphatic heterocycles. The molecule has 0 radical (unpaired) electrons. The van der Waals surface area contributed by atoms with Gasteiger partial charge in [-0.2, -0.15) is 0 Å². The van der Waals surface area contributed by atoms with Crippen LogP contribution in [0.1, 0.15) is 75.8 Å². The zero-order chi connectivity index (χ0) is 17.2. The number of pyridine rings is 1. The van der Waals surface area contributed by atoms with Gasteiger partial charge in [0.1, 0.15) is 0 Å². The Morgan fingerprint density at radius 2 is 1.52 bits per heavy atom. The maximum atomic E-state index is 4.59. The molecule has 2 aromatic rings. The Morgan fingerprint density at radius 3 is 2.00 bits per heavy atom. The van der Waals surface area contributed by atoms with Gasteiger partial charge in [0.25, 0.3) is 0 Å². The fourth-order valence-electron chi connectivity index (χ4n) is 2.95. The van der Waals surface area contributed by atoms with Crippen molar-refractivity contribution in [3.8, 4) is 0 Å². The number of aryl methyl sites for hydroxylation is 1. The van der Waals surface area contributed by atoms with Crippen LogP contribution in [0.2, 0.25) is 0 Å². The third-order valence-electron chi connectivity index (χ3n) is 4.37. The molecule has 2 nitrogen and oxygen atoms in total. The quantitative estimate of drug-likeness (QED) is 0.734. The van der Waals surface area contributed by atoms with E-state index in [0.29, 0.717) is 11.8 Å². The van der Waals surface area contributed by atoms with E-state index in [0.717, 1.165) is 5.69 Å². The highest BCUT2D eigenvalue weighted by atomic mass is 15.0. The third kappa shape index (κ3) is 3.93. The van der Waals surface area contributed by atoms with Crippen LogP contribution in [0.25, 0.3) is 0 Å². The molecule has 2 heteroatoms. The van der Waals surface area contributed by atoms with Gasteiger partial charge in [0, 0.05) is 11.9 Å². The predicted molar refractivity (Wildman–Crippen MR) is 100 cm³/mol. The summed E-state index contributed by atoms with van der Waals surface area (Å²) in [7, 11) is 0. The monoisotopic (exact) mass is 310 g/mol. The van der Waals surface area contributed by atoms with E-state index in [-0.39, 0.29) is 5.54 Å². The molecule has 1 aromatic heterocycles. The van der Waals surface area contributed by atoms with E-state index in [1.807, 2.05) is 12.3 Å². The molecule has 0 fully saturated rings. The van der Waals surface area contributed by atoms with E-state index in [4.69, 9.17) is 0 Å². The largest absolute Gasteiger partial charge is 0.374 e. The summed E-state index contributed by atoms with van der Waals surface area (Å²) in [6.45, 7) is 15.5. The van der Waals surface area contributed by atoms with Crippen molar-refractivity contribution in [2.24, 2.45) is 0 Å². The molecule has 0 atom stereocenters. The van der Waals surface area contributed by atoms with Gasteiger partial charge in [-0.1, -0.05) is 45.9 Å². The van der Waals surface area contributed by atoms with Gasteiger partial charge in [-0.25, -0.2) is 0 Å². The van der Waals surface area contributed by atoms with E-state index in [1.165, 1.54) is 22.4 Å². The van der Waals surface area contributed by atoms with Gasteiger partial charge in [0.2, 0.25) is 0 Å². The van der Waals surface area contributed by atoms with Crippen molar-refractivity contribution in [1.82, 2.24) is 4.98 Å². The molecule has 0 bridgehead atoms. The lowest BCUT2D eigenvalue weighted by Gasteiger charge is -2.31. The van der Waals surface area contributed by atoms with Crippen molar-refractivity contribution < 1.29 is 0 Å². The average molecular weight is 310 g/mol. The number of nitrogens with one attached hydrogen (secondary N) is 1. The molecular weight excluding hydrogens is 280 g/mol. The average Bonchev–Trinajstić information content (AvgIpc) is 2.46. The Morgan fingerprint density at radius 1 is 0.957 bits per heavy atom. The minimum absolute atomic E-state index is 0.222. The zero-order valence-corrected chi connectivity index (χ0v) is 15.6. The van der Waals surface area contributed by atoms with Crippen LogP contribution < -0.4 is 5.32 Å². The molecule has 0 saturated heterocycles. The van der Waals surface area contributed by atoms with Crippen molar-refractivity contribution in [3.63, 3.8) is 0 Å². The number of nitrogens with zero attached hydrogens (tertiary/aromatic N) is 1. The van der Waals surface area contributed by atoms with E-state index in [9.17, 15) is 0 Å². The molecular formula is C21H30N2. The third-order valence-corrected chi connectivity index (χ3v) is 4.37. The number of anilines is 1. The lowest BCUT2D eigenvalue weighted by atomic mass is 9.90. The molecule has 0 amide bonds. The van der Waals surface area contributed by atoms with Gasteiger partial charge in [-0.05, 0) is 61.4 Å². The molecule has 23 heavy (non-hydrogen) atoms. The normalized spacial score (nSPS) is 12.0. The van der Waals surface area contributed by atoms with Gasteiger partial charge >= 0.3 is 0 Å². The minimum atomic E-state index is -0.222. The first kappa shape index (κ1) is 17.5. The van der Waals surface area contributed by atoms with Gasteiger partial charge in [0.15, 0.2) is 0 Å². The van der Waals surface area contributed by atoms with Gasteiger partial charge < -0.3 is 5.32 Å². The van der Waals surface area contributed by atoms with E-state index < -0.39 is 0 Å². The van der Waals surface area contributed by atoms with E-state index in [2.05, 4.69) is 83.0 Å². The number of benzene rings is 1. The number of hydrogen-bond acceptors (Lipinski definition) is 2. The molecule has 1 N–H and O–H groups in total. The highest BCUT2D eigenvalue weighted by molar-refractivity contribution is 5.61. The minimum Gasteiger partial charge on any atom is -0.374 e. The second-order valence-electron chi connectivity index (χ2n) is 7.59. The van der Waals surface area contributed by atoms with Crippen molar-refractivity contribution in [2.75, 3.05) is 5.32 Å². The van der Waals surface area contributed by atoms with Crippen LogP contribution in [0, 0.1) is 6.92 Å². The van der Waals surface area contributed by atoms with Crippen LogP contribution >= 0.6 is 0 Å². The highest BCUT2D eigenvalue weighted by Gasteiger charge is 2.25. The molecule has 0 spiro atoms. The first-order chi connectivity index (χ1) is 10.7. The lowest BCUT2D eigenvalue weighted by Crippen LogP contribution is -2.30. The summed E-state index contributed by atoms with van der Waals surface area (Å²) in [5, 5.41) is 3.80. The number of hydrogen-bond donors (Lipinski definition) is 1. The maximum absolute atomic E-state index is 4.59. The number of aromatic nitrogens is 1. The van der Waals surface area contributed by atoms with Crippen LogP contribution in [0.3, 0.4) is 0 Å². The van der Waals surface area contributed by atoms with Crippen LogP contribution in [0.4, 0.5) is 5.69 Å². The second-order valence-corrected chi connectivity index (χ2v) is 7.59. The summed E-state index contributed by atoms with van der Waals surface area (Å²) in [6.07, 6.45) is 1.89. The Bertz CT molecular complexity index is 643. The second kappa shape index (κ2) is 6.74. The molecule has 1 heterocycles. The SMILES string of the molecule is Cc1ccnc(C(C)(C)Nc2c(C(C)C)cccc2C(C)C)c1. The van der Waals surface area contributed by atoms with Gasteiger partial charge in [-0.3, -0.25) is 4.98 Å². The summed E-state index contributed by atoms with van der Waals surface area (Å²) in [6, 6.07) is 10.9. The van der Waals surface area contributed by atoms with Gasteiger partial charge in [0.05, 0.1) is 11.2 Å². The predicted octanol–water partition coefficient (Wildman–Crippen LogP) is 5.98.